The Morgan fingerprint density at radius 2 is 2.14 bits per heavy atom. The smallest absolute Gasteiger partial charge is 0.250 e. The van der Waals surface area contributed by atoms with Gasteiger partial charge in [0.15, 0.2) is 0 Å². The van der Waals surface area contributed by atoms with Crippen molar-refractivity contribution in [1.82, 2.24) is 14.6 Å². The van der Waals surface area contributed by atoms with E-state index in [1.54, 1.807) is 22.7 Å². The van der Waals surface area contributed by atoms with Crippen molar-refractivity contribution in [2.45, 2.75) is 6.92 Å². The molecule has 0 bridgehead atoms. The lowest BCUT2D eigenvalue weighted by atomic mass is 10.2. The van der Waals surface area contributed by atoms with E-state index < -0.39 is 0 Å². The highest BCUT2D eigenvalue weighted by molar-refractivity contribution is 7.15. The molecule has 0 aliphatic carbocycles. The monoisotopic (exact) mass is 302 g/mol. The first-order valence-electron chi connectivity index (χ1n) is 6.17. The molecule has 1 amide bonds. The lowest BCUT2D eigenvalue weighted by molar-refractivity contribution is -0.111. The zero-order valence-corrected chi connectivity index (χ0v) is 11.9. The largest absolute Gasteiger partial charge is 0.290 e. The first kappa shape index (κ1) is 13.4. The fourth-order valence-corrected chi connectivity index (χ4v) is 2.54. The van der Waals surface area contributed by atoms with E-state index in [1.807, 2.05) is 12.3 Å². The van der Waals surface area contributed by atoms with Crippen LogP contribution in [0.15, 0.2) is 35.7 Å². The minimum Gasteiger partial charge on any atom is -0.290 e. The molecule has 0 spiro atoms. The molecule has 0 unspecified atom stereocenters. The number of aromatic nitrogens is 3. The number of thiazole rings is 1. The third kappa shape index (κ3) is 2.97. The number of benzene rings is 1. The molecule has 0 saturated heterocycles. The second kappa shape index (κ2) is 5.45. The minimum atomic E-state index is -0.338. The van der Waals surface area contributed by atoms with Gasteiger partial charge in [-0.2, -0.15) is 4.98 Å². The average Bonchev–Trinajstić information content (AvgIpc) is 3.00. The number of aryl methyl sites for hydroxylation is 1. The lowest BCUT2D eigenvalue weighted by Crippen LogP contribution is -2.09. The van der Waals surface area contributed by atoms with Gasteiger partial charge in [0.05, 0.1) is 5.69 Å². The number of nitrogens with zero attached hydrogens (tertiary/aromatic N) is 3. The second-order valence-corrected chi connectivity index (χ2v) is 5.22. The highest BCUT2D eigenvalue weighted by Gasteiger charge is 2.08. The van der Waals surface area contributed by atoms with Crippen LogP contribution < -0.4 is 5.32 Å². The van der Waals surface area contributed by atoms with Crippen molar-refractivity contribution >= 4 is 34.2 Å². The van der Waals surface area contributed by atoms with Crippen molar-refractivity contribution in [2.24, 2.45) is 0 Å². The lowest BCUT2D eigenvalue weighted by Gasteiger charge is -1.95. The van der Waals surface area contributed by atoms with Crippen LogP contribution in [0.3, 0.4) is 0 Å². The summed E-state index contributed by atoms with van der Waals surface area (Å²) in [5, 5.41) is 8.71. The fourth-order valence-electron chi connectivity index (χ4n) is 1.74. The predicted molar refractivity (Wildman–Crippen MR) is 79.7 cm³/mol. The van der Waals surface area contributed by atoms with Crippen molar-refractivity contribution < 1.29 is 9.18 Å². The standard InChI is InChI=1S/C14H11FN4OS/c1-9-8-21-14-17-13(18-19(9)14)16-12(20)7-4-10-2-5-11(15)6-3-10/h2-8H,1H3,(H,16,18,20)/b7-4+. The van der Waals surface area contributed by atoms with Crippen molar-refractivity contribution in [3.05, 3.63) is 52.8 Å². The van der Waals surface area contributed by atoms with E-state index in [0.717, 1.165) is 16.2 Å². The summed E-state index contributed by atoms with van der Waals surface area (Å²) in [4.78, 5) is 16.7. The molecule has 5 nitrogen and oxygen atoms in total. The number of hydrogen-bond donors (Lipinski definition) is 1. The van der Waals surface area contributed by atoms with Crippen LogP contribution in [0.5, 0.6) is 0 Å². The molecule has 7 heteroatoms. The van der Waals surface area contributed by atoms with E-state index in [1.165, 1.54) is 29.5 Å². The Morgan fingerprint density at radius 1 is 1.38 bits per heavy atom. The zero-order valence-electron chi connectivity index (χ0n) is 11.1. The Balaban J connectivity index is 1.69. The van der Waals surface area contributed by atoms with Crippen LogP contribution in [-0.4, -0.2) is 20.5 Å². The third-order valence-electron chi connectivity index (χ3n) is 2.78. The summed E-state index contributed by atoms with van der Waals surface area (Å²) in [7, 11) is 0. The van der Waals surface area contributed by atoms with Crippen molar-refractivity contribution in [3.63, 3.8) is 0 Å². The molecular weight excluding hydrogens is 291 g/mol. The van der Waals surface area contributed by atoms with Gasteiger partial charge in [0.1, 0.15) is 5.82 Å². The van der Waals surface area contributed by atoms with Crippen LogP contribution in [0.25, 0.3) is 11.0 Å². The van der Waals surface area contributed by atoms with E-state index >= 15 is 0 Å². The molecule has 0 saturated carbocycles. The molecule has 2 aromatic heterocycles. The average molecular weight is 302 g/mol. The van der Waals surface area contributed by atoms with Gasteiger partial charge in [-0.15, -0.1) is 16.4 Å². The van der Waals surface area contributed by atoms with E-state index in [4.69, 9.17) is 0 Å². The van der Waals surface area contributed by atoms with Gasteiger partial charge in [-0.05, 0) is 30.7 Å². The molecule has 0 fully saturated rings. The molecule has 21 heavy (non-hydrogen) atoms. The second-order valence-electron chi connectivity index (χ2n) is 4.38. The Morgan fingerprint density at radius 3 is 2.86 bits per heavy atom. The van der Waals surface area contributed by atoms with Gasteiger partial charge in [-0.1, -0.05) is 12.1 Å². The van der Waals surface area contributed by atoms with Gasteiger partial charge in [0.2, 0.25) is 4.96 Å². The maximum atomic E-state index is 12.8. The maximum Gasteiger partial charge on any atom is 0.250 e. The van der Waals surface area contributed by atoms with Crippen LogP contribution in [0, 0.1) is 12.7 Å². The summed E-state index contributed by atoms with van der Waals surface area (Å²) in [6.45, 7) is 1.91. The Bertz CT molecular complexity index is 819. The van der Waals surface area contributed by atoms with Gasteiger partial charge < -0.3 is 0 Å². The molecule has 106 valence electrons. The quantitative estimate of drug-likeness (QED) is 0.757. The van der Waals surface area contributed by atoms with Crippen molar-refractivity contribution in [3.8, 4) is 0 Å². The van der Waals surface area contributed by atoms with Gasteiger partial charge in [-0.25, -0.2) is 8.91 Å². The molecule has 0 radical (unpaired) electrons. The Labute approximate surface area is 123 Å². The first-order valence-corrected chi connectivity index (χ1v) is 7.05. The van der Waals surface area contributed by atoms with Gasteiger partial charge >= 0.3 is 0 Å². The van der Waals surface area contributed by atoms with E-state index in [0.29, 0.717) is 0 Å². The molecule has 1 aromatic carbocycles. The number of carbonyl (C=O) groups excluding carboxylic acids is 1. The summed E-state index contributed by atoms with van der Waals surface area (Å²) >= 11 is 1.46. The third-order valence-corrected chi connectivity index (χ3v) is 3.71. The zero-order chi connectivity index (χ0) is 14.8. The number of carbonyl (C=O) groups is 1. The highest BCUT2D eigenvalue weighted by atomic mass is 32.1. The number of anilines is 1. The molecule has 0 aliphatic rings. The van der Waals surface area contributed by atoms with Crippen molar-refractivity contribution in [2.75, 3.05) is 5.32 Å². The summed E-state index contributed by atoms with van der Waals surface area (Å²) < 4.78 is 14.4. The van der Waals surface area contributed by atoms with Crippen LogP contribution in [0.1, 0.15) is 11.3 Å². The summed E-state index contributed by atoms with van der Waals surface area (Å²) in [6.07, 6.45) is 2.95. The SMILES string of the molecule is Cc1csc2nc(NC(=O)/C=C/c3ccc(F)cc3)nn12. The molecular formula is C14H11FN4OS. The van der Waals surface area contributed by atoms with Gasteiger partial charge in [0, 0.05) is 11.5 Å². The summed E-state index contributed by atoms with van der Waals surface area (Å²) in [6, 6.07) is 5.86. The van der Waals surface area contributed by atoms with Crippen molar-refractivity contribution in [1.29, 1.82) is 0 Å². The van der Waals surface area contributed by atoms with Gasteiger partial charge in [-0.3, -0.25) is 10.1 Å². The first-order chi connectivity index (χ1) is 10.1. The summed E-state index contributed by atoms with van der Waals surface area (Å²) in [5.74, 6) is -0.386. The van der Waals surface area contributed by atoms with E-state index in [2.05, 4.69) is 15.4 Å². The number of rotatable bonds is 3. The molecule has 3 aromatic rings. The van der Waals surface area contributed by atoms with E-state index in [-0.39, 0.29) is 17.7 Å². The van der Waals surface area contributed by atoms with Crippen LogP contribution in [0.4, 0.5) is 10.3 Å². The topological polar surface area (TPSA) is 59.3 Å². The van der Waals surface area contributed by atoms with Crippen LogP contribution in [-0.2, 0) is 4.79 Å². The molecule has 1 N–H and O–H groups in total. The maximum absolute atomic E-state index is 12.8. The molecule has 0 atom stereocenters. The molecule has 2 heterocycles. The predicted octanol–water partition coefficient (Wildman–Crippen LogP) is 2.89. The summed E-state index contributed by atoms with van der Waals surface area (Å²) in [5.41, 5.74) is 1.70. The Kier molecular flexibility index (Phi) is 3.49. The molecule has 3 rings (SSSR count). The van der Waals surface area contributed by atoms with E-state index in [9.17, 15) is 9.18 Å². The normalized spacial score (nSPS) is 11.3. The number of amides is 1. The number of nitrogens with one attached hydrogen (secondary N) is 1. The fraction of sp³-hybridized carbons (Fsp3) is 0.0714. The number of hydrogen-bond acceptors (Lipinski definition) is 4. The van der Waals surface area contributed by atoms with Gasteiger partial charge in [0.25, 0.3) is 11.9 Å². The van der Waals surface area contributed by atoms with Crippen LogP contribution in [0.2, 0.25) is 0 Å². The van der Waals surface area contributed by atoms with Crippen LogP contribution >= 0.6 is 11.3 Å². The molecule has 0 aliphatic heterocycles. The minimum absolute atomic E-state index is 0.263. The number of fused-ring (bicyclic) bond motifs is 1. The number of halogens is 1. The highest BCUT2D eigenvalue weighted by Crippen LogP contribution is 2.15. The Hall–Kier alpha value is -2.54.